The van der Waals surface area contributed by atoms with E-state index >= 15 is 0 Å². The van der Waals surface area contributed by atoms with Crippen molar-refractivity contribution in [2.24, 2.45) is 4.99 Å². The van der Waals surface area contributed by atoms with Crippen LogP contribution in [0, 0.1) is 0 Å². The van der Waals surface area contributed by atoms with Gasteiger partial charge in [0.2, 0.25) is 0 Å². The Hall–Kier alpha value is -1.61. The smallest absolute Gasteiger partial charge is 0.251 e. The summed E-state index contributed by atoms with van der Waals surface area (Å²) in [6.07, 6.45) is 1.07. The fourth-order valence-electron chi connectivity index (χ4n) is 2.37. The Balaban J connectivity index is 0.00000338. The third-order valence-corrected chi connectivity index (χ3v) is 4.94. The molecule has 0 radical (unpaired) electrons. The average Bonchev–Trinajstić information content (AvgIpc) is 3.10. The molecule has 0 atom stereocenters. The van der Waals surface area contributed by atoms with Crippen molar-refractivity contribution >= 4 is 47.2 Å². The monoisotopic (exact) mass is 486 g/mol. The highest BCUT2D eigenvalue weighted by Gasteiger charge is 2.06. The molecule has 1 amide bonds. The van der Waals surface area contributed by atoms with Crippen LogP contribution in [0.25, 0.3) is 0 Å². The molecule has 0 spiro atoms. The van der Waals surface area contributed by atoms with Gasteiger partial charge in [-0.3, -0.25) is 9.79 Å². The first kappa shape index (κ1) is 22.4. The zero-order valence-electron chi connectivity index (χ0n) is 15.5. The molecule has 7 heteroatoms. The summed E-state index contributed by atoms with van der Waals surface area (Å²) in [6, 6.07) is 11.9. The van der Waals surface area contributed by atoms with Crippen LogP contribution in [0.1, 0.15) is 39.5 Å². The highest BCUT2D eigenvalue weighted by molar-refractivity contribution is 14.0. The van der Waals surface area contributed by atoms with Gasteiger partial charge in [0.25, 0.3) is 5.91 Å². The van der Waals surface area contributed by atoms with Crippen LogP contribution in [0.5, 0.6) is 0 Å². The van der Waals surface area contributed by atoms with Crippen LogP contribution in [0.2, 0.25) is 0 Å². The number of rotatable bonds is 7. The van der Waals surface area contributed by atoms with Crippen molar-refractivity contribution in [2.75, 3.05) is 13.6 Å². The predicted molar refractivity (Wildman–Crippen MR) is 121 cm³/mol. The minimum atomic E-state index is -0.0451. The van der Waals surface area contributed by atoms with Crippen molar-refractivity contribution in [2.45, 2.75) is 33.4 Å². The SMILES string of the molecule is CCNC(=O)c1cccc(CNC(=NC)NCc2ccc(CC)s2)c1.I. The van der Waals surface area contributed by atoms with E-state index in [4.69, 9.17) is 0 Å². The zero-order valence-corrected chi connectivity index (χ0v) is 18.6. The Morgan fingerprint density at radius 2 is 1.77 bits per heavy atom. The standard InChI is InChI=1S/C19H26N4OS.HI/c1-4-16-9-10-17(25-16)13-23-19(20-3)22-12-14-7-6-8-15(11-14)18(24)21-5-2;/h6-11H,4-5,12-13H2,1-3H3,(H,21,24)(H2,20,22,23);1H. The molecule has 0 bridgehead atoms. The van der Waals surface area contributed by atoms with Gasteiger partial charge in [-0.25, -0.2) is 0 Å². The van der Waals surface area contributed by atoms with Crippen LogP contribution < -0.4 is 16.0 Å². The lowest BCUT2D eigenvalue weighted by Crippen LogP contribution is -2.36. The van der Waals surface area contributed by atoms with Crippen molar-refractivity contribution in [1.82, 2.24) is 16.0 Å². The van der Waals surface area contributed by atoms with E-state index in [0.717, 1.165) is 24.5 Å². The average molecular weight is 486 g/mol. The number of aryl methyl sites for hydroxylation is 1. The second-order valence-corrected chi connectivity index (χ2v) is 6.81. The van der Waals surface area contributed by atoms with E-state index in [9.17, 15) is 4.79 Å². The predicted octanol–water partition coefficient (Wildman–Crippen LogP) is 3.54. The first-order valence-corrected chi connectivity index (χ1v) is 9.37. The molecular weight excluding hydrogens is 459 g/mol. The van der Waals surface area contributed by atoms with Gasteiger partial charge < -0.3 is 16.0 Å². The molecule has 0 aliphatic carbocycles. The summed E-state index contributed by atoms with van der Waals surface area (Å²) in [5.74, 6) is 0.700. The van der Waals surface area contributed by atoms with Crippen LogP contribution in [0.4, 0.5) is 0 Å². The molecule has 2 aromatic rings. The van der Waals surface area contributed by atoms with Gasteiger partial charge in [0.05, 0.1) is 6.54 Å². The number of carbonyl (C=O) groups is 1. The third-order valence-electron chi connectivity index (χ3n) is 3.71. The minimum absolute atomic E-state index is 0. The molecule has 26 heavy (non-hydrogen) atoms. The molecule has 0 fully saturated rings. The Bertz CT molecular complexity index is 730. The van der Waals surface area contributed by atoms with E-state index in [0.29, 0.717) is 18.7 Å². The van der Waals surface area contributed by atoms with Gasteiger partial charge in [0.1, 0.15) is 0 Å². The number of guanidine groups is 1. The lowest BCUT2D eigenvalue weighted by atomic mass is 10.1. The van der Waals surface area contributed by atoms with E-state index in [-0.39, 0.29) is 29.9 Å². The number of hydrogen-bond donors (Lipinski definition) is 3. The van der Waals surface area contributed by atoms with Crippen LogP contribution in [-0.2, 0) is 19.5 Å². The largest absolute Gasteiger partial charge is 0.352 e. The van der Waals surface area contributed by atoms with Crippen LogP contribution in [0.3, 0.4) is 0 Å². The maximum Gasteiger partial charge on any atom is 0.251 e. The zero-order chi connectivity index (χ0) is 18.1. The number of carbonyl (C=O) groups excluding carboxylic acids is 1. The molecule has 0 aliphatic heterocycles. The van der Waals surface area contributed by atoms with Crippen molar-refractivity contribution < 1.29 is 4.79 Å². The van der Waals surface area contributed by atoms with E-state index in [1.54, 1.807) is 7.05 Å². The molecule has 0 aliphatic rings. The van der Waals surface area contributed by atoms with E-state index in [2.05, 4.69) is 40.0 Å². The molecular formula is C19H27IN4OS. The summed E-state index contributed by atoms with van der Waals surface area (Å²) in [6.45, 7) is 6.07. The van der Waals surface area contributed by atoms with Gasteiger partial charge in [-0.05, 0) is 43.2 Å². The number of nitrogens with zero attached hydrogens (tertiary/aromatic N) is 1. The lowest BCUT2D eigenvalue weighted by molar-refractivity contribution is 0.0955. The number of nitrogens with one attached hydrogen (secondary N) is 3. The highest BCUT2D eigenvalue weighted by atomic mass is 127. The molecule has 5 nitrogen and oxygen atoms in total. The molecule has 1 heterocycles. The van der Waals surface area contributed by atoms with Gasteiger partial charge in [-0.15, -0.1) is 35.3 Å². The minimum Gasteiger partial charge on any atom is -0.352 e. The van der Waals surface area contributed by atoms with Crippen molar-refractivity contribution in [3.05, 3.63) is 57.3 Å². The normalized spacial score (nSPS) is 10.8. The van der Waals surface area contributed by atoms with E-state index in [1.165, 1.54) is 9.75 Å². The molecule has 142 valence electrons. The van der Waals surface area contributed by atoms with Crippen LogP contribution >= 0.6 is 35.3 Å². The Morgan fingerprint density at radius 1 is 1.04 bits per heavy atom. The van der Waals surface area contributed by atoms with Gasteiger partial charge in [-0.1, -0.05) is 19.1 Å². The first-order valence-electron chi connectivity index (χ1n) is 8.55. The maximum absolute atomic E-state index is 11.9. The summed E-state index contributed by atoms with van der Waals surface area (Å²) >= 11 is 1.82. The summed E-state index contributed by atoms with van der Waals surface area (Å²) in [4.78, 5) is 18.8. The van der Waals surface area contributed by atoms with Gasteiger partial charge in [0, 0.05) is 35.5 Å². The van der Waals surface area contributed by atoms with Crippen LogP contribution in [-0.4, -0.2) is 25.5 Å². The quantitative estimate of drug-likeness (QED) is 0.319. The third kappa shape index (κ3) is 6.95. The van der Waals surface area contributed by atoms with Gasteiger partial charge in [0.15, 0.2) is 5.96 Å². The molecule has 1 aromatic heterocycles. The van der Waals surface area contributed by atoms with Crippen molar-refractivity contribution in [3.8, 4) is 0 Å². The number of hydrogen-bond acceptors (Lipinski definition) is 3. The number of thiophene rings is 1. The van der Waals surface area contributed by atoms with Crippen molar-refractivity contribution in [3.63, 3.8) is 0 Å². The summed E-state index contributed by atoms with van der Waals surface area (Å²) in [5, 5.41) is 9.42. The Kier molecular flexibility index (Phi) is 10.3. The molecule has 0 unspecified atom stereocenters. The van der Waals surface area contributed by atoms with Crippen LogP contribution in [0.15, 0.2) is 41.4 Å². The highest BCUT2D eigenvalue weighted by Crippen LogP contribution is 2.16. The second-order valence-electron chi connectivity index (χ2n) is 5.56. The van der Waals surface area contributed by atoms with Gasteiger partial charge in [-0.2, -0.15) is 0 Å². The molecule has 1 aromatic carbocycles. The lowest BCUT2D eigenvalue weighted by Gasteiger charge is -2.12. The van der Waals surface area contributed by atoms with E-state index in [1.807, 2.05) is 42.5 Å². The Labute approximate surface area is 176 Å². The number of halogens is 1. The topological polar surface area (TPSA) is 65.5 Å². The molecule has 0 saturated carbocycles. The van der Waals surface area contributed by atoms with Gasteiger partial charge >= 0.3 is 0 Å². The number of benzene rings is 1. The molecule has 3 N–H and O–H groups in total. The number of amides is 1. The van der Waals surface area contributed by atoms with E-state index < -0.39 is 0 Å². The summed E-state index contributed by atoms with van der Waals surface area (Å²) < 4.78 is 0. The fraction of sp³-hybridized carbons (Fsp3) is 0.368. The second kappa shape index (κ2) is 11.9. The summed E-state index contributed by atoms with van der Waals surface area (Å²) in [5.41, 5.74) is 1.71. The molecule has 0 saturated heterocycles. The maximum atomic E-state index is 11.9. The molecule has 2 rings (SSSR count). The first-order chi connectivity index (χ1) is 12.2. The Morgan fingerprint density at radius 3 is 2.42 bits per heavy atom. The summed E-state index contributed by atoms with van der Waals surface area (Å²) in [7, 11) is 1.76. The fourth-order valence-corrected chi connectivity index (χ4v) is 3.27. The number of aliphatic imine (C=N–C) groups is 1. The van der Waals surface area contributed by atoms with Crippen molar-refractivity contribution in [1.29, 1.82) is 0 Å².